The van der Waals surface area contributed by atoms with E-state index in [2.05, 4.69) is 0 Å². The van der Waals surface area contributed by atoms with E-state index >= 15 is 0 Å². The van der Waals surface area contributed by atoms with Gasteiger partial charge in [-0.15, -0.1) is 0 Å². The van der Waals surface area contributed by atoms with Crippen molar-refractivity contribution in [3.8, 4) is 6.07 Å². The van der Waals surface area contributed by atoms with Gasteiger partial charge in [0.1, 0.15) is 0 Å². The van der Waals surface area contributed by atoms with Crippen LogP contribution in [-0.2, 0) is 6.18 Å². The number of aldehydes is 1. The lowest BCUT2D eigenvalue weighted by Crippen LogP contribution is -2.08. The molecule has 72 valence electrons. The number of carbonyl (C=O) groups excluding carboxylic acids is 1. The zero-order chi connectivity index (χ0) is 10.8. The van der Waals surface area contributed by atoms with Crippen molar-refractivity contribution in [3.05, 3.63) is 34.9 Å². The molecule has 14 heavy (non-hydrogen) atoms. The Labute approximate surface area is 77.6 Å². The number of alkyl halides is 3. The number of rotatable bonds is 1. The predicted octanol–water partition coefficient (Wildman–Crippen LogP) is 2.39. The third-order valence-electron chi connectivity index (χ3n) is 1.61. The molecule has 0 fully saturated rings. The first-order valence-corrected chi connectivity index (χ1v) is 3.55. The van der Waals surface area contributed by atoms with Gasteiger partial charge in [0.05, 0.1) is 17.2 Å². The molecule has 5 heteroatoms. The first kappa shape index (κ1) is 10.3. The fourth-order valence-electron chi connectivity index (χ4n) is 0.988. The van der Waals surface area contributed by atoms with Gasteiger partial charge in [-0.25, -0.2) is 0 Å². The Kier molecular flexibility index (Phi) is 2.56. The molecular weight excluding hydrogens is 195 g/mol. The van der Waals surface area contributed by atoms with Crippen LogP contribution in [-0.4, -0.2) is 6.29 Å². The molecule has 0 atom stereocenters. The lowest BCUT2D eigenvalue weighted by Gasteiger charge is -2.08. The second-order valence-corrected chi connectivity index (χ2v) is 2.53. The van der Waals surface area contributed by atoms with Crippen molar-refractivity contribution in [1.82, 2.24) is 0 Å². The summed E-state index contributed by atoms with van der Waals surface area (Å²) in [6, 6.07) is 4.31. The molecule has 0 aliphatic heterocycles. The molecule has 0 aromatic heterocycles. The van der Waals surface area contributed by atoms with E-state index in [1.165, 1.54) is 0 Å². The van der Waals surface area contributed by atoms with Crippen molar-refractivity contribution in [1.29, 1.82) is 5.26 Å². The predicted molar refractivity (Wildman–Crippen MR) is 41.5 cm³/mol. The van der Waals surface area contributed by atoms with Gasteiger partial charge < -0.3 is 0 Å². The standard InChI is InChI=1S/C9H4F3NO/c10-9(11,12)8-2-1-6(4-13)3-7(8)5-14/h1-3,5H. The number of carbonyl (C=O) groups is 1. The summed E-state index contributed by atoms with van der Waals surface area (Å²) in [6.45, 7) is 0. The lowest BCUT2D eigenvalue weighted by atomic mass is 10.1. The van der Waals surface area contributed by atoms with Crippen LogP contribution in [0.15, 0.2) is 18.2 Å². The van der Waals surface area contributed by atoms with Crippen molar-refractivity contribution in [2.75, 3.05) is 0 Å². The molecule has 0 radical (unpaired) electrons. The van der Waals surface area contributed by atoms with E-state index in [-0.39, 0.29) is 11.8 Å². The first-order chi connectivity index (χ1) is 6.49. The van der Waals surface area contributed by atoms with Crippen molar-refractivity contribution < 1.29 is 18.0 Å². The monoisotopic (exact) mass is 199 g/mol. The average Bonchev–Trinajstić information content (AvgIpc) is 2.15. The Morgan fingerprint density at radius 1 is 1.36 bits per heavy atom. The summed E-state index contributed by atoms with van der Waals surface area (Å²) in [7, 11) is 0. The van der Waals surface area contributed by atoms with Crippen LogP contribution in [0.2, 0.25) is 0 Å². The van der Waals surface area contributed by atoms with Crippen molar-refractivity contribution in [2.45, 2.75) is 6.18 Å². The lowest BCUT2D eigenvalue weighted by molar-refractivity contribution is -0.137. The number of halogens is 3. The van der Waals surface area contributed by atoms with Gasteiger partial charge in [0.15, 0.2) is 6.29 Å². The van der Waals surface area contributed by atoms with Crippen LogP contribution in [0.3, 0.4) is 0 Å². The summed E-state index contributed by atoms with van der Waals surface area (Å²) < 4.78 is 36.7. The summed E-state index contributed by atoms with van der Waals surface area (Å²) in [5.41, 5.74) is -1.51. The molecule has 1 rings (SSSR count). The zero-order valence-electron chi connectivity index (χ0n) is 6.80. The highest BCUT2D eigenvalue weighted by atomic mass is 19.4. The van der Waals surface area contributed by atoms with E-state index < -0.39 is 17.3 Å². The van der Waals surface area contributed by atoms with E-state index in [0.717, 1.165) is 18.2 Å². The normalized spacial score (nSPS) is 10.7. The third-order valence-corrected chi connectivity index (χ3v) is 1.61. The van der Waals surface area contributed by atoms with Crippen LogP contribution in [0.5, 0.6) is 0 Å². The van der Waals surface area contributed by atoms with Crippen LogP contribution in [0.25, 0.3) is 0 Å². The molecule has 0 bridgehead atoms. The highest BCUT2D eigenvalue weighted by Crippen LogP contribution is 2.31. The largest absolute Gasteiger partial charge is 0.417 e. The molecule has 0 spiro atoms. The van der Waals surface area contributed by atoms with Crippen molar-refractivity contribution in [3.63, 3.8) is 0 Å². The minimum atomic E-state index is -4.57. The molecule has 1 aromatic carbocycles. The summed E-state index contributed by atoms with van der Waals surface area (Å²) in [5.74, 6) is 0. The average molecular weight is 199 g/mol. The molecule has 0 N–H and O–H groups in total. The van der Waals surface area contributed by atoms with E-state index in [1.807, 2.05) is 0 Å². The smallest absolute Gasteiger partial charge is 0.298 e. The number of nitrogens with zero attached hydrogens (tertiary/aromatic N) is 1. The maximum absolute atomic E-state index is 12.2. The van der Waals surface area contributed by atoms with E-state index in [1.54, 1.807) is 6.07 Å². The van der Waals surface area contributed by atoms with Gasteiger partial charge in [0.25, 0.3) is 0 Å². The summed E-state index contributed by atoms with van der Waals surface area (Å²) in [5, 5.41) is 8.40. The molecule has 0 heterocycles. The van der Waals surface area contributed by atoms with E-state index in [4.69, 9.17) is 5.26 Å². The van der Waals surface area contributed by atoms with E-state index in [9.17, 15) is 18.0 Å². The third kappa shape index (κ3) is 1.91. The number of hydrogen-bond donors (Lipinski definition) is 0. The topological polar surface area (TPSA) is 40.9 Å². The first-order valence-electron chi connectivity index (χ1n) is 3.55. The van der Waals surface area contributed by atoms with Crippen LogP contribution < -0.4 is 0 Å². The molecule has 0 unspecified atom stereocenters. The highest BCUT2D eigenvalue weighted by molar-refractivity contribution is 5.78. The van der Waals surface area contributed by atoms with Gasteiger partial charge in [0, 0.05) is 5.56 Å². The summed E-state index contributed by atoms with van der Waals surface area (Å²) in [4.78, 5) is 10.3. The van der Waals surface area contributed by atoms with Gasteiger partial charge >= 0.3 is 6.18 Å². The van der Waals surface area contributed by atoms with Gasteiger partial charge in [-0.05, 0) is 18.2 Å². The summed E-state index contributed by atoms with van der Waals surface area (Å²) in [6.07, 6.45) is -4.48. The number of benzene rings is 1. The summed E-state index contributed by atoms with van der Waals surface area (Å²) >= 11 is 0. The maximum Gasteiger partial charge on any atom is 0.417 e. The second kappa shape index (κ2) is 3.50. The van der Waals surface area contributed by atoms with Gasteiger partial charge in [0.2, 0.25) is 0 Å². The molecule has 0 aliphatic rings. The van der Waals surface area contributed by atoms with Crippen LogP contribution >= 0.6 is 0 Å². The van der Waals surface area contributed by atoms with Gasteiger partial charge in [-0.1, -0.05) is 0 Å². The Bertz CT molecular complexity index is 403. The number of nitriles is 1. The molecular formula is C9H4F3NO. The van der Waals surface area contributed by atoms with Crippen LogP contribution in [0.1, 0.15) is 21.5 Å². The second-order valence-electron chi connectivity index (χ2n) is 2.53. The molecule has 0 aliphatic carbocycles. The molecule has 0 saturated carbocycles. The minimum Gasteiger partial charge on any atom is -0.298 e. The Balaban J connectivity index is 3.34. The van der Waals surface area contributed by atoms with Gasteiger partial charge in [-0.2, -0.15) is 18.4 Å². The Morgan fingerprint density at radius 2 is 2.00 bits per heavy atom. The highest BCUT2D eigenvalue weighted by Gasteiger charge is 2.33. The zero-order valence-corrected chi connectivity index (χ0v) is 6.80. The molecule has 0 amide bonds. The number of hydrogen-bond acceptors (Lipinski definition) is 2. The van der Waals surface area contributed by atoms with Gasteiger partial charge in [-0.3, -0.25) is 4.79 Å². The van der Waals surface area contributed by atoms with E-state index in [0.29, 0.717) is 0 Å². The van der Waals surface area contributed by atoms with Crippen molar-refractivity contribution >= 4 is 6.29 Å². The molecule has 2 nitrogen and oxygen atoms in total. The van der Waals surface area contributed by atoms with Crippen LogP contribution in [0.4, 0.5) is 13.2 Å². The van der Waals surface area contributed by atoms with Crippen LogP contribution in [0, 0.1) is 11.3 Å². The molecule has 1 aromatic rings. The Morgan fingerprint density at radius 3 is 2.43 bits per heavy atom. The fourth-order valence-corrected chi connectivity index (χ4v) is 0.988. The quantitative estimate of drug-likeness (QED) is 0.651. The molecule has 0 saturated heterocycles. The fraction of sp³-hybridized carbons (Fsp3) is 0.111. The SMILES string of the molecule is N#Cc1ccc(C(F)(F)F)c(C=O)c1. The Hall–Kier alpha value is -1.83. The maximum atomic E-state index is 12.2. The minimum absolute atomic E-state index is 0.0279. The van der Waals surface area contributed by atoms with Crippen molar-refractivity contribution in [2.24, 2.45) is 0 Å².